The number of fused-ring (bicyclic) bond motifs is 1. The van der Waals surface area contributed by atoms with Gasteiger partial charge >= 0.3 is 5.97 Å². The second-order valence-corrected chi connectivity index (χ2v) is 8.34. The van der Waals surface area contributed by atoms with Crippen molar-refractivity contribution in [1.82, 2.24) is 0 Å². The third-order valence-electron chi connectivity index (χ3n) is 5.14. The first-order valence-corrected chi connectivity index (χ1v) is 10.5. The number of esters is 1. The maximum atomic E-state index is 12.6. The molecule has 0 aliphatic heterocycles. The second-order valence-electron chi connectivity index (χ2n) is 7.24. The van der Waals surface area contributed by atoms with Gasteiger partial charge in [0.1, 0.15) is 10.8 Å². The molecule has 1 atom stereocenters. The molecule has 6 heteroatoms. The van der Waals surface area contributed by atoms with E-state index in [1.807, 2.05) is 32.0 Å². The van der Waals surface area contributed by atoms with Gasteiger partial charge < -0.3 is 14.8 Å². The van der Waals surface area contributed by atoms with E-state index in [4.69, 9.17) is 9.47 Å². The molecule has 0 bridgehead atoms. The van der Waals surface area contributed by atoms with E-state index in [0.29, 0.717) is 22.9 Å². The van der Waals surface area contributed by atoms with E-state index in [9.17, 15) is 9.59 Å². The first-order valence-electron chi connectivity index (χ1n) is 9.73. The summed E-state index contributed by atoms with van der Waals surface area (Å²) < 4.78 is 10.9. The Bertz CT molecular complexity index is 887. The highest BCUT2D eigenvalue weighted by atomic mass is 32.1. The molecular formula is C22H27NO4S. The lowest BCUT2D eigenvalue weighted by molar-refractivity contribution is -0.118. The quantitative estimate of drug-likeness (QED) is 0.692. The van der Waals surface area contributed by atoms with E-state index >= 15 is 0 Å². The van der Waals surface area contributed by atoms with E-state index in [1.54, 1.807) is 6.92 Å². The Kier molecular flexibility index (Phi) is 6.39. The van der Waals surface area contributed by atoms with Gasteiger partial charge in [-0.25, -0.2) is 4.79 Å². The minimum Gasteiger partial charge on any atom is -0.484 e. The molecule has 1 aliphatic carbocycles. The minimum atomic E-state index is -0.362. The standard InChI is InChI=1S/C22H27NO4S/c1-5-26-22(25)20-19-14(3)7-6-8-17(19)28-21(20)23-18(24)12-27-16-10-9-13(2)15(4)11-16/h9-11,14H,5-8,12H2,1-4H3,(H,23,24). The molecule has 0 fully saturated rings. The van der Waals surface area contributed by atoms with E-state index in [2.05, 4.69) is 12.2 Å². The lowest BCUT2D eigenvalue weighted by Crippen LogP contribution is -2.21. The predicted octanol–water partition coefficient (Wildman–Crippen LogP) is 5.00. The van der Waals surface area contributed by atoms with Crippen LogP contribution in [0.15, 0.2) is 18.2 Å². The average molecular weight is 402 g/mol. The summed E-state index contributed by atoms with van der Waals surface area (Å²) >= 11 is 1.49. The zero-order chi connectivity index (χ0) is 20.3. The number of rotatable bonds is 6. The van der Waals surface area contributed by atoms with Crippen LogP contribution >= 0.6 is 11.3 Å². The summed E-state index contributed by atoms with van der Waals surface area (Å²) in [6, 6.07) is 5.74. The van der Waals surface area contributed by atoms with E-state index < -0.39 is 0 Å². The second kappa shape index (κ2) is 8.78. The van der Waals surface area contributed by atoms with Crippen molar-refractivity contribution in [2.45, 2.75) is 52.9 Å². The van der Waals surface area contributed by atoms with Crippen molar-refractivity contribution >= 4 is 28.2 Å². The zero-order valence-corrected chi connectivity index (χ0v) is 17.7. The number of carbonyl (C=O) groups excluding carboxylic acids is 2. The number of amides is 1. The molecule has 150 valence electrons. The van der Waals surface area contributed by atoms with Gasteiger partial charge in [-0.1, -0.05) is 13.0 Å². The van der Waals surface area contributed by atoms with Crippen molar-refractivity contribution < 1.29 is 19.1 Å². The molecule has 0 spiro atoms. The van der Waals surface area contributed by atoms with Crippen molar-refractivity contribution in [2.75, 3.05) is 18.5 Å². The van der Waals surface area contributed by atoms with Crippen molar-refractivity contribution in [3.8, 4) is 5.75 Å². The van der Waals surface area contributed by atoms with Gasteiger partial charge in [0.15, 0.2) is 6.61 Å². The molecule has 1 N–H and O–H groups in total. The normalized spacial score (nSPS) is 15.6. The largest absolute Gasteiger partial charge is 0.484 e. The van der Waals surface area contributed by atoms with Crippen LogP contribution in [0.1, 0.15) is 64.5 Å². The Morgan fingerprint density at radius 3 is 2.75 bits per heavy atom. The molecule has 1 aromatic heterocycles. The Morgan fingerprint density at radius 2 is 2.04 bits per heavy atom. The van der Waals surface area contributed by atoms with Crippen LogP contribution in [0.3, 0.4) is 0 Å². The molecule has 0 radical (unpaired) electrons. The molecule has 1 amide bonds. The Balaban J connectivity index is 1.76. The van der Waals surface area contributed by atoms with Crippen LogP contribution in [0.4, 0.5) is 5.00 Å². The number of thiophene rings is 1. The van der Waals surface area contributed by atoms with Crippen LogP contribution in [0.25, 0.3) is 0 Å². The van der Waals surface area contributed by atoms with Crippen LogP contribution in [0.2, 0.25) is 0 Å². The lowest BCUT2D eigenvalue weighted by atomic mass is 9.86. The van der Waals surface area contributed by atoms with E-state index in [-0.39, 0.29) is 24.4 Å². The van der Waals surface area contributed by atoms with Gasteiger partial charge in [0, 0.05) is 4.88 Å². The zero-order valence-electron chi connectivity index (χ0n) is 16.9. The lowest BCUT2D eigenvalue weighted by Gasteiger charge is -2.19. The molecule has 1 unspecified atom stereocenters. The highest BCUT2D eigenvalue weighted by molar-refractivity contribution is 7.17. The molecule has 1 heterocycles. The monoisotopic (exact) mass is 401 g/mol. The fourth-order valence-corrected chi connectivity index (χ4v) is 4.89. The molecule has 28 heavy (non-hydrogen) atoms. The summed E-state index contributed by atoms with van der Waals surface area (Å²) in [5, 5.41) is 3.45. The number of benzene rings is 1. The number of carbonyl (C=O) groups is 2. The first kappa shape index (κ1) is 20.4. The van der Waals surface area contributed by atoms with Gasteiger partial charge in [-0.3, -0.25) is 4.79 Å². The summed E-state index contributed by atoms with van der Waals surface area (Å²) in [6.07, 6.45) is 3.07. The fourth-order valence-electron chi connectivity index (χ4n) is 3.52. The number of aryl methyl sites for hydroxylation is 3. The molecular weight excluding hydrogens is 374 g/mol. The van der Waals surface area contributed by atoms with Crippen LogP contribution in [0.5, 0.6) is 5.75 Å². The van der Waals surface area contributed by atoms with Crippen molar-refractivity contribution in [1.29, 1.82) is 0 Å². The van der Waals surface area contributed by atoms with E-state index in [0.717, 1.165) is 30.4 Å². The van der Waals surface area contributed by atoms with Gasteiger partial charge in [-0.2, -0.15) is 0 Å². The Hall–Kier alpha value is -2.34. The van der Waals surface area contributed by atoms with Crippen molar-refractivity contribution in [3.05, 3.63) is 45.3 Å². The molecule has 5 nitrogen and oxygen atoms in total. The fraction of sp³-hybridized carbons (Fsp3) is 0.455. The van der Waals surface area contributed by atoms with Gasteiger partial charge in [0.25, 0.3) is 5.91 Å². The minimum absolute atomic E-state index is 0.108. The molecule has 0 saturated heterocycles. The van der Waals surface area contributed by atoms with Gasteiger partial charge in [-0.15, -0.1) is 11.3 Å². The van der Waals surface area contributed by atoms with Gasteiger partial charge in [0.05, 0.1) is 12.2 Å². The Morgan fingerprint density at radius 1 is 1.25 bits per heavy atom. The number of anilines is 1. The number of hydrogen-bond donors (Lipinski definition) is 1. The molecule has 1 aromatic carbocycles. The number of nitrogens with one attached hydrogen (secondary N) is 1. The molecule has 3 rings (SSSR count). The topological polar surface area (TPSA) is 64.6 Å². The van der Waals surface area contributed by atoms with Crippen LogP contribution in [0, 0.1) is 13.8 Å². The summed E-state index contributed by atoms with van der Waals surface area (Å²) in [4.78, 5) is 26.2. The smallest absolute Gasteiger partial charge is 0.341 e. The molecule has 1 aliphatic rings. The summed E-state index contributed by atoms with van der Waals surface area (Å²) in [5.41, 5.74) is 3.85. The summed E-state index contributed by atoms with van der Waals surface area (Å²) in [7, 11) is 0. The third-order valence-corrected chi connectivity index (χ3v) is 6.32. The maximum Gasteiger partial charge on any atom is 0.341 e. The summed E-state index contributed by atoms with van der Waals surface area (Å²) in [6.45, 7) is 8.15. The van der Waals surface area contributed by atoms with Crippen LogP contribution < -0.4 is 10.1 Å². The van der Waals surface area contributed by atoms with E-state index in [1.165, 1.54) is 21.8 Å². The Labute approximate surface area is 170 Å². The third kappa shape index (κ3) is 4.38. The maximum absolute atomic E-state index is 12.6. The number of ether oxygens (including phenoxy) is 2. The van der Waals surface area contributed by atoms with Crippen LogP contribution in [-0.4, -0.2) is 25.1 Å². The van der Waals surface area contributed by atoms with Gasteiger partial charge in [-0.05, 0) is 74.8 Å². The highest BCUT2D eigenvalue weighted by Crippen LogP contribution is 2.43. The molecule has 0 saturated carbocycles. The first-order chi connectivity index (χ1) is 13.4. The SMILES string of the molecule is CCOC(=O)c1c(NC(=O)COc2ccc(C)c(C)c2)sc2c1C(C)CCC2. The number of hydrogen-bond acceptors (Lipinski definition) is 5. The van der Waals surface area contributed by atoms with Crippen molar-refractivity contribution in [2.24, 2.45) is 0 Å². The highest BCUT2D eigenvalue weighted by Gasteiger charge is 2.30. The average Bonchev–Trinajstić information content (AvgIpc) is 3.02. The summed E-state index contributed by atoms with van der Waals surface area (Å²) in [5.74, 6) is 0.300. The molecule has 2 aromatic rings. The van der Waals surface area contributed by atoms with Crippen LogP contribution in [-0.2, 0) is 16.0 Å². The van der Waals surface area contributed by atoms with Gasteiger partial charge in [0.2, 0.25) is 0 Å². The van der Waals surface area contributed by atoms with Crippen molar-refractivity contribution in [3.63, 3.8) is 0 Å². The predicted molar refractivity (Wildman–Crippen MR) is 112 cm³/mol.